The van der Waals surface area contributed by atoms with Crippen LogP contribution in [-0.2, 0) is 11.3 Å². The molecule has 0 radical (unpaired) electrons. The molecule has 21 heavy (non-hydrogen) atoms. The summed E-state index contributed by atoms with van der Waals surface area (Å²) in [6.07, 6.45) is 0. The minimum atomic E-state index is 0.417. The molecular formula is C14H15ClN2O3S. The summed E-state index contributed by atoms with van der Waals surface area (Å²) in [5.41, 5.74) is 1.58. The Morgan fingerprint density at radius 2 is 1.95 bits per heavy atom. The lowest BCUT2D eigenvalue weighted by atomic mass is 10.2. The lowest BCUT2D eigenvalue weighted by molar-refractivity contribution is 0.181. The molecule has 0 aliphatic carbocycles. The van der Waals surface area contributed by atoms with Crippen molar-refractivity contribution in [1.29, 1.82) is 0 Å². The Labute approximate surface area is 132 Å². The Morgan fingerprint density at radius 1 is 1.19 bits per heavy atom. The van der Waals surface area contributed by atoms with E-state index >= 15 is 0 Å². The topological polar surface area (TPSA) is 56.4 Å². The largest absolute Gasteiger partial charge is 0.493 e. The molecule has 5 nitrogen and oxygen atoms in total. The molecule has 0 fully saturated rings. The zero-order chi connectivity index (χ0) is 15.4. The number of aromatic amines is 1. The SMILES string of the molecule is COCc1cc(=S)nc(-c2cc(Cl)c(OC)c(OC)c2)[nH]1. The van der Waals surface area contributed by atoms with Gasteiger partial charge in [0.2, 0.25) is 0 Å². The lowest BCUT2D eigenvalue weighted by Gasteiger charge is -2.12. The summed E-state index contributed by atoms with van der Waals surface area (Å²) in [7, 11) is 4.70. The van der Waals surface area contributed by atoms with Crippen LogP contribution in [0.1, 0.15) is 5.69 Å². The third-order valence-electron chi connectivity index (χ3n) is 2.81. The number of halogens is 1. The van der Waals surface area contributed by atoms with Crippen molar-refractivity contribution in [3.63, 3.8) is 0 Å². The first-order chi connectivity index (χ1) is 10.1. The molecule has 7 heteroatoms. The molecule has 0 saturated carbocycles. The molecule has 2 rings (SSSR count). The first-order valence-electron chi connectivity index (χ1n) is 6.10. The molecule has 1 N–H and O–H groups in total. The summed E-state index contributed by atoms with van der Waals surface area (Å²) >= 11 is 11.4. The highest BCUT2D eigenvalue weighted by Crippen LogP contribution is 2.38. The standard InChI is InChI=1S/C14H15ClN2O3S/c1-18-7-9-6-12(21)17-14(16-9)8-4-10(15)13(20-3)11(5-8)19-2/h4-6H,7H2,1-3H3,(H,16,17,21). The molecule has 0 aliphatic rings. The number of H-pyrrole nitrogens is 1. The van der Waals surface area contributed by atoms with Crippen molar-refractivity contribution in [2.24, 2.45) is 0 Å². The van der Waals surface area contributed by atoms with Gasteiger partial charge in [-0.15, -0.1) is 0 Å². The zero-order valence-corrected chi connectivity index (χ0v) is 13.5. The van der Waals surface area contributed by atoms with E-state index in [1.54, 1.807) is 32.4 Å². The highest BCUT2D eigenvalue weighted by Gasteiger charge is 2.13. The first kappa shape index (κ1) is 15.8. The lowest BCUT2D eigenvalue weighted by Crippen LogP contribution is -1.99. The number of hydrogen-bond donors (Lipinski definition) is 1. The Morgan fingerprint density at radius 3 is 2.57 bits per heavy atom. The van der Waals surface area contributed by atoms with Crippen LogP contribution >= 0.6 is 23.8 Å². The van der Waals surface area contributed by atoms with E-state index in [-0.39, 0.29) is 0 Å². The maximum Gasteiger partial charge on any atom is 0.179 e. The quantitative estimate of drug-likeness (QED) is 0.850. The molecule has 0 amide bonds. The van der Waals surface area contributed by atoms with Gasteiger partial charge in [0.15, 0.2) is 11.5 Å². The number of ether oxygens (including phenoxy) is 3. The summed E-state index contributed by atoms with van der Waals surface area (Å²) < 4.78 is 16.1. The van der Waals surface area contributed by atoms with Crippen LogP contribution in [0.5, 0.6) is 11.5 Å². The normalized spacial score (nSPS) is 10.5. The van der Waals surface area contributed by atoms with Gasteiger partial charge >= 0.3 is 0 Å². The van der Waals surface area contributed by atoms with E-state index in [0.29, 0.717) is 33.6 Å². The molecule has 0 unspecified atom stereocenters. The summed E-state index contributed by atoms with van der Waals surface area (Å²) in [6.45, 7) is 0.417. The van der Waals surface area contributed by atoms with Crippen LogP contribution in [0.2, 0.25) is 5.02 Å². The minimum absolute atomic E-state index is 0.417. The molecule has 0 atom stereocenters. The van der Waals surface area contributed by atoms with E-state index in [9.17, 15) is 0 Å². The highest BCUT2D eigenvalue weighted by molar-refractivity contribution is 7.71. The van der Waals surface area contributed by atoms with Gasteiger partial charge in [-0.2, -0.15) is 0 Å². The Bertz CT molecular complexity index is 703. The number of nitrogens with zero attached hydrogens (tertiary/aromatic N) is 1. The highest BCUT2D eigenvalue weighted by atomic mass is 35.5. The van der Waals surface area contributed by atoms with Gasteiger partial charge < -0.3 is 19.2 Å². The fraction of sp³-hybridized carbons (Fsp3) is 0.286. The maximum atomic E-state index is 6.21. The number of methoxy groups -OCH3 is 3. The Balaban J connectivity index is 2.56. The predicted octanol–water partition coefficient (Wildman–Crippen LogP) is 3.62. The third-order valence-corrected chi connectivity index (χ3v) is 3.30. The molecule has 112 valence electrons. The van der Waals surface area contributed by atoms with Crippen molar-refractivity contribution in [1.82, 2.24) is 9.97 Å². The van der Waals surface area contributed by atoms with Gasteiger partial charge in [-0.1, -0.05) is 23.8 Å². The van der Waals surface area contributed by atoms with Gasteiger partial charge in [0.1, 0.15) is 10.5 Å². The maximum absolute atomic E-state index is 6.21. The van der Waals surface area contributed by atoms with E-state index in [1.807, 2.05) is 0 Å². The van der Waals surface area contributed by atoms with Crippen molar-refractivity contribution < 1.29 is 14.2 Å². The number of rotatable bonds is 5. The predicted molar refractivity (Wildman–Crippen MR) is 83.7 cm³/mol. The van der Waals surface area contributed by atoms with Gasteiger partial charge in [-0.25, -0.2) is 4.98 Å². The first-order valence-corrected chi connectivity index (χ1v) is 6.88. The zero-order valence-electron chi connectivity index (χ0n) is 11.9. The number of nitrogens with one attached hydrogen (secondary N) is 1. The van der Waals surface area contributed by atoms with Crippen molar-refractivity contribution in [2.75, 3.05) is 21.3 Å². The molecule has 1 aromatic heterocycles. The van der Waals surface area contributed by atoms with Crippen LogP contribution in [0.4, 0.5) is 0 Å². The second-order valence-corrected chi connectivity index (χ2v) is 5.05. The molecule has 0 saturated heterocycles. The fourth-order valence-corrected chi connectivity index (χ4v) is 2.45. The van der Waals surface area contributed by atoms with Gasteiger partial charge in [-0.3, -0.25) is 0 Å². The smallest absolute Gasteiger partial charge is 0.179 e. The van der Waals surface area contributed by atoms with Crippen LogP contribution in [0.25, 0.3) is 11.4 Å². The van der Waals surface area contributed by atoms with Crippen molar-refractivity contribution in [3.8, 4) is 22.9 Å². The van der Waals surface area contributed by atoms with Crippen LogP contribution in [0.15, 0.2) is 18.2 Å². The van der Waals surface area contributed by atoms with E-state index in [2.05, 4.69) is 9.97 Å². The fourth-order valence-electron chi connectivity index (χ4n) is 1.93. The van der Waals surface area contributed by atoms with Gasteiger partial charge in [0, 0.05) is 18.4 Å². The summed E-state index contributed by atoms with van der Waals surface area (Å²) in [5.74, 6) is 1.60. The summed E-state index contributed by atoms with van der Waals surface area (Å²) in [4.78, 5) is 7.47. The molecule has 0 bridgehead atoms. The number of aromatic nitrogens is 2. The third kappa shape index (κ3) is 3.53. The average Bonchev–Trinajstić information content (AvgIpc) is 2.46. The summed E-state index contributed by atoms with van der Waals surface area (Å²) in [5, 5.41) is 0.435. The van der Waals surface area contributed by atoms with E-state index in [4.69, 9.17) is 38.0 Å². The monoisotopic (exact) mass is 326 g/mol. The molecule has 0 aliphatic heterocycles. The molecule has 1 aromatic carbocycles. The van der Waals surface area contributed by atoms with Gasteiger partial charge in [0.05, 0.1) is 25.8 Å². The van der Waals surface area contributed by atoms with E-state index in [0.717, 1.165) is 11.3 Å². The van der Waals surface area contributed by atoms with Crippen LogP contribution in [0, 0.1) is 4.64 Å². The molecule has 1 heterocycles. The summed E-state index contributed by atoms with van der Waals surface area (Å²) in [6, 6.07) is 5.28. The van der Waals surface area contributed by atoms with Crippen molar-refractivity contribution in [2.45, 2.75) is 6.61 Å². The van der Waals surface area contributed by atoms with Crippen molar-refractivity contribution in [3.05, 3.63) is 33.6 Å². The van der Waals surface area contributed by atoms with Crippen LogP contribution < -0.4 is 9.47 Å². The van der Waals surface area contributed by atoms with Crippen LogP contribution in [0.3, 0.4) is 0 Å². The van der Waals surface area contributed by atoms with Crippen LogP contribution in [-0.4, -0.2) is 31.3 Å². The van der Waals surface area contributed by atoms with Gasteiger partial charge in [0.25, 0.3) is 0 Å². The average molecular weight is 327 g/mol. The van der Waals surface area contributed by atoms with Gasteiger partial charge in [-0.05, 0) is 18.2 Å². The van der Waals surface area contributed by atoms with E-state index in [1.165, 1.54) is 7.11 Å². The van der Waals surface area contributed by atoms with E-state index < -0.39 is 0 Å². The minimum Gasteiger partial charge on any atom is -0.493 e. The molecule has 2 aromatic rings. The van der Waals surface area contributed by atoms with Crippen molar-refractivity contribution >= 4 is 23.8 Å². The second kappa shape index (κ2) is 6.89. The Kier molecular flexibility index (Phi) is 5.17. The molecule has 0 spiro atoms. The Hall–Kier alpha value is -1.63. The molecular weight excluding hydrogens is 312 g/mol. The number of benzene rings is 1. The number of hydrogen-bond acceptors (Lipinski definition) is 5. The second-order valence-electron chi connectivity index (χ2n) is 4.22.